The van der Waals surface area contributed by atoms with Gasteiger partial charge in [-0.15, -0.1) is 0 Å². The normalized spacial score (nSPS) is 11.3. The van der Waals surface area contributed by atoms with Crippen molar-refractivity contribution in [3.8, 4) is 0 Å². The van der Waals surface area contributed by atoms with Crippen LogP contribution in [0.2, 0.25) is 0 Å². The van der Waals surface area contributed by atoms with Crippen LogP contribution in [0.15, 0.2) is 0 Å². The van der Waals surface area contributed by atoms with Gasteiger partial charge in [0.15, 0.2) is 0 Å². The van der Waals surface area contributed by atoms with Gasteiger partial charge < -0.3 is 26.8 Å². The van der Waals surface area contributed by atoms with E-state index in [2.05, 4.69) is 55.4 Å². The molecule has 0 aliphatic carbocycles. The number of hydrogen-bond donors (Lipinski definition) is 0. The number of hydrogen-bond acceptors (Lipinski definition) is 1. The molecule has 36 heavy (non-hydrogen) atoms. The first-order chi connectivity index (χ1) is 16.5. The summed E-state index contributed by atoms with van der Waals surface area (Å²) in [5, 5.41) is 0. The first-order valence-electron chi connectivity index (χ1n) is 16.2. The Labute approximate surface area is 237 Å². The van der Waals surface area contributed by atoms with Crippen molar-refractivity contribution in [2.24, 2.45) is 0 Å². The van der Waals surface area contributed by atoms with Crippen molar-refractivity contribution in [3.63, 3.8) is 0 Å². The molecule has 0 amide bonds. The molecule has 0 saturated heterocycles. The molecular formula is C32H73ClN2O. The van der Waals surface area contributed by atoms with Crippen LogP contribution in [0.5, 0.6) is 0 Å². The number of quaternary nitrogens is 2. The molecule has 224 valence electrons. The first kappa shape index (κ1) is 43.2. The van der Waals surface area contributed by atoms with Gasteiger partial charge in [-0.2, -0.15) is 0 Å². The molecule has 0 aromatic carbocycles. The lowest BCUT2D eigenvalue weighted by Gasteiger charge is -2.39. The minimum Gasteiger partial charge on any atom is -1.00 e. The van der Waals surface area contributed by atoms with Crippen LogP contribution < -0.4 is 12.4 Å². The van der Waals surface area contributed by atoms with E-state index in [4.69, 9.17) is 0 Å². The monoisotopic (exact) mass is 537 g/mol. The zero-order valence-electron chi connectivity index (χ0n) is 26.7. The molecule has 0 aromatic rings. The maximum absolute atomic E-state index is 2.33. The molecule has 3 nitrogen and oxygen atoms in total. The van der Waals surface area contributed by atoms with E-state index < -0.39 is 0 Å². The van der Waals surface area contributed by atoms with Crippen LogP contribution in [0, 0.1) is 0 Å². The van der Waals surface area contributed by atoms with Crippen LogP contribution >= 0.6 is 0 Å². The van der Waals surface area contributed by atoms with Gasteiger partial charge >= 0.3 is 0 Å². The lowest BCUT2D eigenvalue weighted by molar-refractivity contribution is -0.929. The third-order valence-electron chi connectivity index (χ3n) is 7.89. The van der Waals surface area contributed by atoms with Crippen LogP contribution in [0.3, 0.4) is 0 Å². The second kappa shape index (κ2) is 31.4. The Bertz CT molecular complexity index is 281. The Morgan fingerprint density at radius 2 is 0.389 bits per heavy atom. The zero-order valence-corrected chi connectivity index (χ0v) is 27.4. The second-order valence-corrected chi connectivity index (χ2v) is 11.3. The SMILES string of the molecule is CCCC[N+](CCCC)(CCCC)CCCC.CCCC[N+](CCCC)(CCCC)CCCC.[Cl-].[OH-]. The van der Waals surface area contributed by atoms with Crippen molar-refractivity contribution in [1.29, 1.82) is 0 Å². The molecule has 0 aromatic heterocycles. The smallest absolute Gasteiger partial charge is 0.0786 e. The third kappa shape index (κ3) is 23.3. The Kier molecular flexibility index (Phi) is 37.7. The van der Waals surface area contributed by atoms with E-state index in [1.807, 2.05) is 0 Å². The summed E-state index contributed by atoms with van der Waals surface area (Å²) >= 11 is 0. The zero-order chi connectivity index (χ0) is 26.0. The van der Waals surface area contributed by atoms with E-state index in [1.165, 1.54) is 164 Å². The fourth-order valence-electron chi connectivity index (χ4n) is 5.29. The molecule has 0 saturated carbocycles. The summed E-state index contributed by atoms with van der Waals surface area (Å²) < 4.78 is 2.84. The maximum Gasteiger partial charge on any atom is 0.0786 e. The Hall–Kier alpha value is 0.170. The Balaban J connectivity index is -0.000000269. The van der Waals surface area contributed by atoms with E-state index in [0.717, 1.165) is 0 Å². The van der Waals surface area contributed by atoms with Crippen molar-refractivity contribution in [3.05, 3.63) is 0 Å². The highest BCUT2D eigenvalue weighted by atomic mass is 35.5. The summed E-state index contributed by atoms with van der Waals surface area (Å²) in [7, 11) is 0. The predicted octanol–water partition coefficient (Wildman–Crippen LogP) is 6.83. The van der Waals surface area contributed by atoms with Gasteiger partial charge in [0.1, 0.15) is 0 Å². The molecule has 0 bridgehead atoms. The molecule has 1 N–H and O–H groups in total. The van der Waals surface area contributed by atoms with Crippen molar-refractivity contribution >= 4 is 0 Å². The molecule has 4 heteroatoms. The summed E-state index contributed by atoms with van der Waals surface area (Å²) in [6, 6.07) is 0. The highest BCUT2D eigenvalue weighted by Gasteiger charge is 2.25. The van der Waals surface area contributed by atoms with Gasteiger partial charge in [-0.05, 0) is 51.4 Å². The van der Waals surface area contributed by atoms with Gasteiger partial charge in [0.2, 0.25) is 0 Å². The summed E-state index contributed by atoms with van der Waals surface area (Å²) in [6.07, 6.45) is 22.1. The molecule has 0 atom stereocenters. The number of rotatable bonds is 24. The lowest BCUT2D eigenvalue weighted by Crippen LogP contribution is -3.00. The molecule has 0 heterocycles. The molecule has 0 aliphatic rings. The summed E-state index contributed by atoms with van der Waals surface area (Å²) in [5.74, 6) is 0. The van der Waals surface area contributed by atoms with Gasteiger partial charge in [0.05, 0.1) is 52.4 Å². The van der Waals surface area contributed by atoms with E-state index in [-0.39, 0.29) is 17.9 Å². The minimum atomic E-state index is 0. The van der Waals surface area contributed by atoms with E-state index in [1.54, 1.807) is 0 Å². The van der Waals surface area contributed by atoms with Gasteiger partial charge in [0, 0.05) is 0 Å². The maximum atomic E-state index is 2.33. The lowest BCUT2D eigenvalue weighted by atomic mass is 10.1. The van der Waals surface area contributed by atoms with Gasteiger partial charge in [-0.3, -0.25) is 0 Å². The minimum absolute atomic E-state index is 0. The fraction of sp³-hybridized carbons (Fsp3) is 1.00. The highest BCUT2D eigenvalue weighted by molar-refractivity contribution is 4.50. The quantitative estimate of drug-likeness (QED) is 0.124. The molecular weight excluding hydrogens is 464 g/mol. The van der Waals surface area contributed by atoms with Crippen LogP contribution in [-0.2, 0) is 0 Å². The van der Waals surface area contributed by atoms with Crippen molar-refractivity contribution in [1.82, 2.24) is 0 Å². The molecule has 0 radical (unpaired) electrons. The number of nitrogens with zero attached hydrogens (tertiary/aromatic N) is 2. The standard InChI is InChI=1S/2C16H36N.ClH.H2O/c2*1-5-9-13-17(14-10-6-2,15-11-7-3)16-12-8-4;;/h2*5-16H2,1-4H3;1H;1H2/q2*+1;;/p-2. The Morgan fingerprint density at radius 1 is 0.278 bits per heavy atom. The van der Waals surface area contributed by atoms with Crippen LogP contribution in [0.4, 0.5) is 0 Å². The fourth-order valence-corrected chi connectivity index (χ4v) is 5.29. The molecule has 0 spiro atoms. The van der Waals surface area contributed by atoms with Gasteiger partial charge in [-0.1, -0.05) is 107 Å². The molecule has 0 unspecified atom stereocenters. The average Bonchev–Trinajstić information content (AvgIpc) is 2.87. The summed E-state index contributed by atoms with van der Waals surface area (Å²) in [6.45, 7) is 30.0. The van der Waals surface area contributed by atoms with Crippen LogP contribution in [0.1, 0.15) is 158 Å². The largest absolute Gasteiger partial charge is 1.00 e. The highest BCUT2D eigenvalue weighted by Crippen LogP contribution is 2.17. The van der Waals surface area contributed by atoms with Crippen molar-refractivity contribution in [2.75, 3.05) is 52.4 Å². The average molecular weight is 537 g/mol. The van der Waals surface area contributed by atoms with E-state index in [9.17, 15) is 0 Å². The van der Waals surface area contributed by atoms with Crippen LogP contribution in [0.25, 0.3) is 0 Å². The molecule has 0 rings (SSSR count). The van der Waals surface area contributed by atoms with E-state index >= 15 is 0 Å². The van der Waals surface area contributed by atoms with E-state index in [0.29, 0.717) is 0 Å². The number of halogens is 1. The van der Waals surface area contributed by atoms with Gasteiger partial charge in [0.25, 0.3) is 0 Å². The second-order valence-electron chi connectivity index (χ2n) is 11.3. The molecule has 0 fully saturated rings. The summed E-state index contributed by atoms with van der Waals surface area (Å²) in [4.78, 5) is 0. The topological polar surface area (TPSA) is 30.0 Å². The number of unbranched alkanes of at least 4 members (excludes halogenated alkanes) is 8. The first-order valence-corrected chi connectivity index (χ1v) is 16.2. The Morgan fingerprint density at radius 3 is 0.472 bits per heavy atom. The third-order valence-corrected chi connectivity index (χ3v) is 7.89. The summed E-state index contributed by atoms with van der Waals surface area (Å²) in [5.41, 5.74) is 0. The molecule has 0 aliphatic heterocycles. The van der Waals surface area contributed by atoms with Crippen molar-refractivity contribution in [2.45, 2.75) is 158 Å². The van der Waals surface area contributed by atoms with Crippen molar-refractivity contribution < 1.29 is 26.8 Å². The van der Waals surface area contributed by atoms with Gasteiger partial charge in [-0.25, -0.2) is 0 Å². The van der Waals surface area contributed by atoms with Crippen LogP contribution in [-0.4, -0.2) is 66.8 Å². The predicted molar refractivity (Wildman–Crippen MR) is 161 cm³/mol.